The zero-order valence-corrected chi connectivity index (χ0v) is 15.2. The summed E-state index contributed by atoms with van der Waals surface area (Å²) in [6, 6.07) is 0.328. The molecule has 124 valence electrons. The number of hydrogen-bond acceptors (Lipinski definition) is 8. The lowest BCUT2D eigenvalue weighted by Crippen LogP contribution is -2.15. The molecular weight excluding hydrogens is 418 g/mol. The summed E-state index contributed by atoms with van der Waals surface area (Å²) in [6.07, 6.45) is 3.63. The number of nitrogens with one attached hydrogen (secondary N) is 2. The van der Waals surface area contributed by atoms with Crippen molar-refractivity contribution in [1.82, 2.24) is 29.9 Å². The SMILES string of the molecule is O=C(CSc1nc2c(cnn2C2CC2)c(=O)[nH]1)Nc1nnc(Br)s1. The molecule has 24 heavy (non-hydrogen) atoms. The molecule has 0 saturated heterocycles. The van der Waals surface area contributed by atoms with Gasteiger partial charge in [-0.3, -0.25) is 14.9 Å². The highest BCUT2D eigenvalue weighted by atomic mass is 79.9. The van der Waals surface area contributed by atoms with Crippen LogP contribution in [-0.4, -0.2) is 41.6 Å². The fourth-order valence-electron chi connectivity index (χ4n) is 2.12. The minimum Gasteiger partial charge on any atom is -0.301 e. The Bertz CT molecular complexity index is 977. The van der Waals surface area contributed by atoms with Gasteiger partial charge in [-0.25, -0.2) is 9.67 Å². The Morgan fingerprint density at radius 1 is 1.50 bits per heavy atom. The molecular formula is C12H10BrN7O2S2. The van der Waals surface area contributed by atoms with Crippen molar-refractivity contribution in [3.63, 3.8) is 0 Å². The van der Waals surface area contributed by atoms with Crippen LogP contribution >= 0.6 is 39.0 Å². The number of carbonyl (C=O) groups excluding carboxylic acids is 1. The largest absolute Gasteiger partial charge is 0.301 e. The van der Waals surface area contributed by atoms with Gasteiger partial charge in [0.2, 0.25) is 11.0 Å². The van der Waals surface area contributed by atoms with Crippen molar-refractivity contribution in [3.05, 3.63) is 20.5 Å². The molecule has 2 N–H and O–H groups in total. The quantitative estimate of drug-likeness (QED) is 0.470. The minimum atomic E-state index is -0.248. The molecule has 1 aliphatic rings. The van der Waals surface area contributed by atoms with Gasteiger partial charge in [0.25, 0.3) is 5.56 Å². The Morgan fingerprint density at radius 3 is 3.04 bits per heavy atom. The fraction of sp³-hybridized carbons (Fsp3) is 0.333. The first-order valence-electron chi connectivity index (χ1n) is 6.99. The summed E-state index contributed by atoms with van der Waals surface area (Å²) in [4.78, 5) is 31.2. The normalized spacial score (nSPS) is 14.2. The molecule has 9 nitrogen and oxygen atoms in total. The molecule has 0 atom stereocenters. The summed E-state index contributed by atoms with van der Waals surface area (Å²) in [5.74, 6) is -0.148. The van der Waals surface area contributed by atoms with Crippen LogP contribution in [0.4, 0.5) is 5.13 Å². The average Bonchev–Trinajstić information content (AvgIpc) is 3.17. The van der Waals surface area contributed by atoms with Crippen molar-refractivity contribution in [2.24, 2.45) is 0 Å². The van der Waals surface area contributed by atoms with E-state index < -0.39 is 0 Å². The maximum Gasteiger partial charge on any atom is 0.262 e. The van der Waals surface area contributed by atoms with E-state index >= 15 is 0 Å². The van der Waals surface area contributed by atoms with Gasteiger partial charge in [0.15, 0.2) is 14.7 Å². The smallest absolute Gasteiger partial charge is 0.262 e. The highest BCUT2D eigenvalue weighted by Gasteiger charge is 2.27. The molecule has 12 heteroatoms. The van der Waals surface area contributed by atoms with Gasteiger partial charge in [0.05, 0.1) is 18.0 Å². The zero-order valence-electron chi connectivity index (χ0n) is 12.0. The lowest BCUT2D eigenvalue weighted by atomic mass is 10.4. The monoisotopic (exact) mass is 427 g/mol. The number of aromatic nitrogens is 6. The number of amides is 1. The van der Waals surface area contributed by atoms with Crippen molar-refractivity contribution >= 4 is 61.1 Å². The number of hydrogen-bond donors (Lipinski definition) is 2. The first kappa shape index (κ1) is 15.7. The number of anilines is 1. The first-order valence-corrected chi connectivity index (χ1v) is 9.59. The molecule has 0 unspecified atom stereocenters. The van der Waals surface area contributed by atoms with Crippen LogP contribution in [0.1, 0.15) is 18.9 Å². The maximum absolute atomic E-state index is 12.1. The van der Waals surface area contributed by atoms with E-state index in [9.17, 15) is 9.59 Å². The van der Waals surface area contributed by atoms with Crippen molar-refractivity contribution in [1.29, 1.82) is 0 Å². The Hall–Kier alpha value is -1.79. The number of rotatable bonds is 5. The van der Waals surface area contributed by atoms with E-state index in [1.54, 1.807) is 4.68 Å². The Labute approximate surface area is 151 Å². The second-order valence-corrected chi connectivity index (χ2v) is 8.34. The summed E-state index contributed by atoms with van der Waals surface area (Å²) in [6.45, 7) is 0. The highest BCUT2D eigenvalue weighted by Crippen LogP contribution is 2.35. The van der Waals surface area contributed by atoms with Gasteiger partial charge in [0, 0.05) is 0 Å². The average molecular weight is 428 g/mol. The molecule has 0 aromatic carbocycles. The number of aromatic amines is 1. The van der Waals surface area contributed by atoms with Crippen molar-refractivity contribution in [2.75, 3.05) is 11.1 Å². The third-order valence-corrected chi connectivity index (χ3v) is 5.47. The van der Waals surface area contributed by atoms with E-state index in [1.807, 2.05) is 0 Å². The molecule has 1 saturated carbocycles. The minimum absolute atomic E-state index is 0.100. The number of fused-ring (bicyclic) bond motifs is 1. The van der Waals surface area contributed by atoms with Crippen LogP contribution < -0.4 is 10.9 Å². The molecule has 1 amide bonds. The summed E-state index contributed by atoms with van der Waals surface area (Å²) in [5.41, 5.74) is 0.320. The Balaban J connectivity index is 1.49. The first-order chi connectivity index (χ1) is 11.6. The van der Waals surface area contributed by atoms with Crippen molar-refractivity contribution in [2.45, 2.75) is 24.0 Å². The number of carbonyl (C=O) groups is 1. The van der Waals surface area contributed by atoms with Gasteiger partial charge in [-0.15, -0.1) is 10.2 Å². The van der Waals surface area contributed by atoms with Gasteiger partial charge in [0.1, 0.15) is 5.39 Å². The van der Waals surface area contributed by atoms with E-state index in [-0.39, 0.29) is 17.2 Å². The van der Waals surface area contributed by atoms with Crippen LogP contribution in [0.25, 0.3) is 11.0 Å². The van der Waals surface area contributed by atoms with E-state index in [1.165, 1.54) is 17.5 Å². The molecule has 4 rings (SSSR count). The van der Waals surface area contributed by atoms with Crippen LogP contribution in [0, 0.1) is 0 Å². The summed E-state index contributed by atoms with van der Waals surface area (Å²) in [5, 5.41) is 15.7. The summed E-state index contributed by atoms with van der Waals surface area (Å²) in [7, 11) is 0. The second kappa shape index (κ2) is 6.26. The summed E-state index contributed by atoms with van der Waals surface area (Å²) >= 11 is 5.56. The van der Waals surface area contributed by atoms with Gasteiger partial charge in [-0.2, -0.15) is 5.10 Å². The predicted octanol–water partition coefficient (Wildman–Crippen LogP) is 1.80. The second-order valence-electron chi connectivity index (χ2n) is 5.13. The number of nitrogens with zero attached hydrogens (tertiary/aromatic N) is 5. The molecule has 0 aliphatic heterocycles. The van der Waals surface area contributed by atoms with Crippen LogP contribution in [-0.2, 0) is 4.79 Å². The number of H-pyrrole nitrogens is 1. The fourth-order valence-corrected chi connectivity index (χ4v) is 3.80. The van der Waals surface area contributed by atoms with Crippen LogP contribution in [0.2, 0.25) is 0 Å². The van der Waals surface area contributed by atoms with Crippen LogP contribution in [0.3, 0.4) is 0 Å². The van der Waals surface area contributed by atoms with E-state index in [2.05, 4.69) is 46.5 Å². The van der Waals surface area contributed by atoms with Gasteiger partial charge >= 0.3 is 0 Å². The zero-order chi connectivity index (χ0) is 16.7. The van der Waals surface area contributed by atoms with Crippen LogP contribution in [0.5, 0.6) is 0 Å². The molecule has 3 aromatic rings. The van der Waals surface area contributed by atoms with E-state index in [0.717, 1.165) is 24.6 Å². The highest BCUT2D eigenvalue weighted by molar-refractivity contribution is 9.11. The van der Waals surface area contributed by atoms with Gasteiger partial charge in [-0.05, 0) is 28.8 Å². The topological polar surface area (TPSA) is 118 Å². The van der Waals surface area contributed by atoms with E-state index in [0.29, 0.717) is 31.3 Å². The Kier molecular flexibility index (Phi) is 4.10. The Morgan fingerprint density at radius 2 is 2.33 bits per heavy atom. The maximum atomic E-state index is 12.1. The molecule has 0 radical (unpaired) electrons. The number of thioether (sulfide) groups is 1. The lowest BCUT2D eigenvalue weighted by Gasteiger charge is -2.03. The molecule has 3 heterocycles. The number of halogens is 1. The lowest BCUT2D eigenvalue weighted by molar-refractivity contribution is -0.113. The van der Waals surface area contributed by atoms with Gasteiger partial charge < -0.3 is 4.98 Å². The molecule has 3 aromatic heterocycles. The molecule has 1 aliphatic carbocycles. The standard InChI is InChI=1S/C12H10BrN7O2S2/c13-10-18-19-12(24-10)15-7(21)4-23-11-16-8-6(9(22)17-11)3-14-20(8)5-1-2-5/h3,5H,1-2,4H2,(H,15,19,21)(H,16,17,22). The van der Waals surface area contributed by atoms with Gasteiger partial charge in [-0.1, -0.05) is 23.1 Å². The van der Waals surface area contributed by atoms with Crippen molar-refractivity contribution in [3.8, 4) is 0 Å². The third kappa shape index (κ3) is 3.21. The van der Waals surface area contributed by atoms with Crippen LogP contribution in [0.15, 0.2) is 20.1 Å². The predicted molar refractivity (Wildman–Crippen MR) is 93.4 cm³/mol. The molecule has 0 spiro atoms. The molecule has 0 bridgehead atoms. The summed E-state index contributed by atoms with van der Waals surface area (Å²) < 4.78 is 2.38. The third-order valence-electron chi connectivity index (χ3n) is 3.32. The van der Waals surface area contributed by atoms with Crippen molar-refractivity contribution < 1.29 is 4.79 Å². The molecule has 1 fully saturated rings. The van der Waals surface area contributed by atoms with E-state index in [4.69, 9.17) is 0 Å².